The standard InChI is InChI=1S/C24H30N4O4/c1-18-16-19(6-7-22(18)28-9-8-25-24(28)30)23(29)27-12-10-26(11-13-27)14-15-32-21-5-3-4-20(17-21)31-2/h3-7,16-17H,8-15H2,1-2H3,(H,25,30). The van der Waals surface area contributed by atoms with Crippen molar-refractivity contribution in [3.05, 3.63) is 53.6 Å². The van der Waals surface area contributed by atoms with Gasteiger partial charge in [0, 0.05) is 63.1 Å². The first-order valence-corrected chi connectivity index (χ1v) is 11.0. The number of hydrogen-bond acceptors (Lipinski definition) is 5. The number of aryl methyl sites for hydroxylation is 1. The minimum atomic E-state index is -0.0846. The first-order valence-electron chi connectivity index (χ1n) is 11.0. The number of urea groups is 1. The van der Waals surface area contributed by atoms with Crippen LogP contribution in [0.2, 0.25) is 0 Å². The lowest BCUT2D eigenvalue weighted by molar-refractivity contribution is 0.0620. The highest BCUT2D eigenvalue weighted by Gasteiger charge is 2.25. The third kappa shape index (κ3) is 4.96. The van der Waals surface area contributed by atoms with Crippen LogP contribution in [0.1, 0.15) is 15.9 Å². The fourth-order valence-electron chi connectivity index (χ4n) is 4.13. The fourth-order valence-corrected chi connectivity index (χ4v) is 4.13. The monoisotopic (exact) mass is 438 g/mol. The number of carbonyl (C=O) groups excluding carboxylic acids is 2. The van der Waals surface area contributed by atoms with Crippen molar-refractivity contribution in [2.75, 3.05) is 64.4 Å². The Bertz CT molecular complexity index is 972. The normalized spacial score (nSPS) is 16.8. The van der Waals surface area contributed by atoms with E-state index in [4.69, 9.17) is 9.47 Å². The number of carbonyl (C=O) groups is 2. The predicted octanol–water partition coefficient (Wildman–Crippen LogP) is 2.37. The number of nitrogens with one attached hydrogen (secondary N) is 1. The number of nitrogens with zero attached hydrogens (tertiary/aromatic N) is 3. The Labute approximate surface area is 188 Å². The predicted molar refractivity (Wildman–Crippen MR) is 123 cm³/mol. The number of piperazine rings is 1. The molecule has 0 bridgehead atoms. The molecule has 0 spiro atoms. The molecule has 0 atom stereocenters. The van der Waals surface area contributed by atoms with Gasteiger partial charge in [-0.3, -0.25) is 14.6 Å². The average molecular weight is 439 g/mol. The zero-order valence-electron chi connectivity index (χ0n) is 18.7. The van der Waals surface area contributed by atoms with Crippen molar-refractivity contribution in [1.82, 2.24) is 15.1 Å². The Balaban J connectivity index is 1.26. The van der Waals surface area contributed by atoms with Gasteiger partial charge in [0.1, 0.15) is 18.1 Å². The molecule has 8 heteroatoms. The summed E-state index contributed by atoms with van der Waals surface area (Å²) in [6.07, 6.45) is 0. The summed E-state index contributed by atoms with van der Waals surface area (Å²) in [6.45, 7) is 7.65. The van der Waals surface area contributed by atoms with E-state index in [1.54, 1.807) is 12.0 Å². The van der Waals surface area contributed by atoms with E-state index in [9.17, 15) is 9.59 Å². The number of benzene rings is 2. The second-order valence-electron chi connectivity index (χ2n) is 8.05. The zero-order chi connectivity index (χ0) is 22.5. The van der Waals surface area contributed by atoms with Crippen LogP contribution in [0.25, 0.3) is 0 Å². The number of anilines is 1. The fraction of sp³-hybridized carbons (Fsp3) is 0.417. The summed E-state index contributed by atoms with van der Waals surface area (Å²) in [5.41, 5.74) is 2.46. The van der Waals surface area contributed by atoms with Crippen molar-refractivity contribution in [2.24, 2.45) is 0 Å². The van der Waals surface area contributed by atoms with E-state index in [1.165, 1.54) is 0 Å². The molecular weight excluding hydrogens is 408 g/mol. The molecule has 0 radical (unpaired) electrons. The summed E-state index contributed by atoms with van der Waals surface area (Å²) < 4.78 is 11.1. The third-order valence-corrected chi connectivity index (χ3v) is 5.97. The smallest absolute Gasteiger partial charge is 0.322 e. The largest absolute Gasteiger partial charge is 0.497 e. The minimum absolute atomic E-state index is 0.0396. The van der Waals surface area contributed by atoms with Crippen molar-refractivity contribution in [2.45, 2.75) is 6.92 Å². The molecule has 0 saturated carbocycles. The van der Waals surface area contributed by atoms with Crippen LogP contribution in [0.15, 0.2) is 42.5 Å². The molecule has 32 heavy (non-hydrogen) atoms. The van der Waals surface area contributed by atoms with E-state index < -0.39 is 0 Å². The molecule has 2 aromatic carbocycles. The van der Waals surface area contributed by atoms with E-state index in [-0.39, 0.29) is 11.9 Å². The molecule has 0 unspecified atom stereocenters. The quantitative estimate of drug-likeness (QED) is 0.719. The number of hydrogen-bond donors (Lipinski definition) is 1. The van der Waals surface area contributed by atoms with Crippen LogP contribution in [0.3, 0.4) is 0 Å². The summed E-state index contributed by atoms with van der Waals surface area (Å²) in [4.78, 5) is 30.8. The molecule has 2 fully saturated rings. The lowest BCUT2D eigenvalue weighted by Crippen LogP contribution is -2.49. The minimum Gasteiger partial charge on any atom is -0.497 e. The number of methoxy groups -OCH3 is 1. The van der Waals surface area contributed by atoms with Crippen LogP contribution in [0, 0.1) is 6.92 Å². The first-order chi connectivity index (χ1) is 15.5. The molecule has 170 valence electrons. The molecule has 3 amide bonds. The van der Waals surface area contributed by atoms with Crippen molar-refractivity contribution < 1.29 is 19.1 Å². The van der Waals surface area contributed by atoms with Gasteiger partial charge in [0.05, 0.1) is 7.11 Å². The molecule has 0 aromatic heterocycles. The van der Waals surface area contributed by atoms with Gasteiger partial charge in [-0.25, -0.2) is 4.79 Å². The van der Waals surface area contributed by atoms with Crippen LogP contribution in [0.5, 0.6) is 11.5 Å². The van der Waals surface area contributed by atoms with E-state index >= 15 is 0 Å². The van der Waals surface area contributed by atoms with Gasteiger partial charge in [-0.15, -0.1) is 0 Å². The molecule has 2 aliphatic rings. The molecule has 2 aromatic rings. The van der Waals surface area contributed by atoms with Gasteiger partial charge >= 0.3 is 6.03 Å². The van der Waals surface area contributed by atoms with Gasteiger partial charge in [0.25, 0.3) is 5.91 Å². The van der Waals surface area contributed by atoms with Crippen molar-refractivity contribution in [3.63, 3.8) is 0 Å². The summed E-state index contributed by atoms with van der Waals surface area (Å²) in [6, 6.07) is 13.1. The van der Waals surface area contributed by atoms with Gasteiger partial charge in [-0.1, -0.05) is 6.07 Å². The molecule has 8 nitrogen and oxygen atoms in total. The van der Waals surface area contributed by atoms with Gasteiger partial charge in [-0.2, -0.15) is 0 Å². The van der Waals surface area contributed by atoms with Gasteiger partial charge < -0.3 is 19.7 Å². The topological polar surface area (TPSA) is 74.4 Å². The Hall–Kier alpha value is -3.26. The summed E-state index contributed by atoms with van der Waals surface area (Å²) >= 11 is 0. The van der Waals surface area contributed by atoms with E-state index in [2.05, 4.69) is 10.2 Å². The summed E-state index contributed by atoms with van der Waals surface area (Å²) in [5, 5.41) is 2.81. The van der Waals surface area contributed by atoms with Gasteiger partial charge in [0.2, 0.25) is 0 Å². The second-order valence-corrected chi connectivity index (χ2v) is 8.05. The highest BCUT2D eigenvalue weighted by molar-refractivity contribution is 5.98. The molecule has 2 saturated heterocycles. The highest BCUT2D eigenvalue weighted by atomic mass is 16.5. The lowest BCUT2D eigenvalue weighted by Gasteiger charge is -2.34. The molecule has 1 N–H and O–H groups in total. The second kappa shape index (κ2) is 9.91. The highest BCUT2D eigenvalue weighted by Crippen LogP contribution is 2.24. The van der Waals surface area contributed by atoms with Crippen LogP contribution < -0.4 is 19.7 Å². The molecule has 4 rings (SSSR count). The first kappa shape index (κ1) is 22.0. The Kier molecular flexibility index (Phi) is 6.80. The lowest BCUT2D eigenvalue weighted by atomic mass is 10.1. The summed E-state index contributed by atoms with van der Waals surface area (Å²) in [5.74, 6) is 1.61. The third-order valence-electron chi connectivity index (χ3n) is 5.97. The number of ether oxygens (including phenoxy) is 2. The van der Waals surface area contributed by atoms with Gasteiger partial charge in [0.15, 0.2) is 0 Å². The Morgan fingerprint density at radius 3 is 2.50 bits per heavy atom. The Morgan fingerprint density at radius 2 is 1.81 bits per heavy atom. The van der Waals surface area contributed by atoms with Crippen LogP contribution in [-0.4, -0.2) is 81.3 Å². The van der Waals surface area contributed by atoms with Crippen molar-refractivity contribution in [3.8, 4) is 11.5 Å². The van der Waals surface area contributed by atoms with Crippen molar-refractivity contribution >= 4 is 17.6 Å². The van der Waals surface area contributed by atoms with E-state index in [1.807, 2.05) is 54.3 Å². The zero-order valence-corrected chi connectivity index (χ0v) is 18.7. The maximum absolute atomic E-state index is 13.0. The number of amides is 3. The van der Waals surface area contributed by atoms with Crippen molar-refractivity contribution in [1.29, 1.82) is 0 Å². The van der Waals surface area contributed by atoms with E-state index in [0.29, 0.717) is 38.3 Å². The van der Waals surface area contributed by atoms with E-state index in [0.717, 1.165) is 42.4 Å². The SMILES string of the molecule is COc1cccc(OCCN2CCN(C(=O)c3ccc(N4CCNC4=O)c(C)c3)CC2)c1. The maximum atomic E-state index is 13.0. The molecule has 2 heterocycles. The maximum Gasteiger partial charge on any atom is 0.322 e. The van der Waals surface area contributed by atoms with Gasteiger partial charge in [-0.05, 0) is 42.8 Å². The molecule has 2 aliphatic heterocycles. The average Bonchev–Trinajstić information content (AvgIpc) is 3.24. The summed E-state index contributed by atoms with van der Waals surface area (Å²) in [7, 11) is 1.64. The van der Waals surface area contributed by atoms with Crippen LogP contribution >= 0.6 is 0 Å². The Morgan fingerprint density at radius 1 is 1.03 bits per heavy atom. The van der Waals surface area contributed by atoms with Crippen LogP contribution in [0.4, 0.5) is 10.5 Å². The van der Waals surface area contributed by atoms with Crippen LogP contribution in [-0.2, 0) is 0 Å². The molecular formula is C24H30N4O4. The number of rotatable bonds is 7. The molecule has 0 aliphatic carbocycles.